The smallest absolute Gasteiger partial charge is 0.320 e. The third-order valence-electron chi connectivity index (χ3n) is 2.80. The Labute approximate surface area is 103 Å². The summed E-state index contributed by atoms with van der Waals surface area (Å²) in [5.74, 6) is -0.938. The highest BCUT2D eigenvalue weighted by Crippen LogP contribution is 2.09. The van der Waals surface area contributed by atoms with Crippen molar-refractivity contribution in [2.24, 2.45) is 0 Å². The SMILES string of the molecule is CC(NCc1cc2ccccc2[nH]c1=O)C(=O)O. The molecule has 1 aromatic heterocycles. The number of aromatic amines is 1. The van der Waals surface area contributed by atoms with Gasteiger partial charge in [0.15, 0.2) is 0 Å². The van der Waals surface area contributed by atoms with E-state index in [0.29, 0.717) is 5.56 Å². The Kier molecular flexibility index (Phi) is 3.43. The number of para-hydroxylation sites is 1. The number of rotatable bonds is 4. The first-order valence-corrected chi connectivity index (χ1v) is 5.65. The van der Waals surface area contributed by atoms with E-state index in [1.165, 1.54) is 6.92 Å². The van der Waals surface area contributed by atoms with Crippen LogP contribution in [0.3, 0.4) is 0 Å². The predicted octanol–water partition coefficient (Wildman–Crippen LogP) is 1.09. The summed E-state index contributed by atoms with van der Waals surface area (Å²) in [5.41, 5.74) is 1.11. The highest BCUT2D eigenvalue weighted by molar-refractivity contribution is 5.78. The molecule has 0 fully saturated rings. The second-order valence-corrected chi connectivity index (χ2v) is 4.15. The van der Waals surface area contributed by atoms with Crippen LogP contribution in [0.15, 0.2) is 35.1 Å². The number of carbonyl (C=O) groups is 1. The van der Waals surface area contributed by atoms with Crippen LogP contribution < -0.4 is 10.9 Å². The minimum atomic E-state index is -0.938. The molecule has 0 radical (unpaired) electrons. The molecule has 0 saturated carbocycles. The molecular weight excluding hydrogens is 232 g/mol. The van der Waals surface area contributed by atoms with Crippen LogP contribution in [0, 0.1) is 0 Å². The number of aliphatic carboxylic acids is 1. The fourth-order valence-corrected chi connectivity index (χ4v) is 1.67. The van der Waals surface area contributed by atoms with Crippen LogP contribution in [-0.2, 0) is 11.3 Å². The van der Waals surface area contributed by atoms with E-state index >= 15 is 0 Å². The zero-order chi connectivity index (χ0) is 13.1. The lowest BCUT2D eigenvalue weighted by Crippen LogP contribution is -2.34. The molecule has 0 aliphatic carbocycles. The van der Waals surface area contributed by atoms with E-state index in [9.17, 15) is 9.59 Å². The van der Waals surface area contributed by atoms with Gasteiger partial charge in [-0.1, -0.05) is 18.2 Å². The molecule has 3 N–H and O–H groups in total. The largest absolute Gasteiger partial charge is 0.480 e. The topological polar surface area (TPSA) is 82.2 Å². The molecule has 18 heavy (non-hydrogen) atoms. The second kappa shape index (κ2) is 5.01. The van der Waals surface area contributed by atoms with Gasteiger partial charge in [-0.2, -0.15) is 0 Å². The molecule has 1 aromatic carbocycles. The monoisotopic (exact) mass is 246 g/mol. The van der Waals surface area contributed by atoms with Gasteiger partial charge < -0.3 is 15.4 Å². The molecule has 5 nitrogen and oxygen atoms in total. The molecule has 0 bridgehead atoms. The van der Waals surface area contributed by atoms with Crippen LogP contribution in [0.25, 0.3) is 10.9 Å². The normalized spacial score (nSPS) is 12.5. The Hall–Kier alpha value is -2.14. The molecule has 0 aliphatic heterocycles. The molecule has 1 unspecified atom stereocenters. The average Bonchev–Trinajstić information content (AvgIpc) is 2.35. The first-order valence-electron chi connectivity index (χ1n) is 5.65. The molecule has 2 rings (SSSR count). The average molecular weight is 246 g/mol. The van der Waals surface area contributed by atoms with E-state index in [-0.39, 0.29) is 12.1 Å². The third-order valence-corrected chi connectivity index (χ3v) is 2.80. The van der Waals surface area contributed by atoms with Crippen molar-refractivity contribution in [3.63, 3.8) is 0 Å². The van der Waals surface area contributed by atoms with Crippen LogP contribution in [-0.4, -0.2) is 22.1 Å². The van der Waals surface area contributed by atoms with Crippen molar-refractivity contribution < 1.29 is 9.90 Å². The molecular formula is C13H14N2O3. The van der Waals surface area contributed by atoms with Crippen molar-refractivity contribution in [2.75, 3.05) is 0 Å². The Morgan fingerprint density at radius 3 is 2.89 bits per heavy atom. The molecule has 0 amide bonds. The molecule has 94 valence electrons. The van der Waals surface area contributed by atoms with Crippen molar-refractivity contribution in [1.82, 2.24) is 10.3 Å². The number of hydrogen-bond donors (Lipinski definition) is 3. The van der Waals surface area contributed by atoms with E-state index in [1.807, 2.05) is 24.3 Å². The molecule has 0 saturated heterocycles. The summed E-state index contributed by atoms with van der Waals surface area (Å²) in [6.07, 6.45) is 0. The first kappa shape index (κ1) is 12.3. The number of pyridine rings is 1. The maximum absolute atomic E-state index is 11.8. The van der Waals surface area contributed by atoms with Crippen LogP contribution in [0.2, 0.25) is 0 Å². The van der Waals surface area contributed by atoms with Gasteiger partial charge in [0.2, 0.25) is 0 Å². The van der Waals surface area contributed by atoms with E-state index < -0.39 is 12.0 Å². The summed E-state index contributed by atoms with van der Waals surface area (Å²) in [6.45, 7) is 1.77. The highest BCUT2D eigenvalue weighted by atomic mass is 16.4. The molecule has 1 heterocycles. The van der Waals surface area contributed by atoms with Crippen molar-refractivity contribution in [1.29, 1.82) is 0 Å². The predicted molar refractivity (Wildman–Crippen MR) is 68.5 cm³/mol. The number of hydrogen-bond acceptors (Lipinski definition) is 3. The summed E-state index contributed by atoms with van der Waals surface area (Å²) in [6, 6.07) is 8.55. The van der Waals surface area contributed by atoms with Crippen LogP contribution >= 0.6 is 0 Å². The number of aromatic nitrogens is 1. The zero-order valence-corrected chi connectivity index (χ0v) is 9.93. The summed E-state index contributed by atoms with van der Waals surface area (Å²) in [5, 5.41) is 12.5. The van der Waals surface area contributed by atoms with Gasteiger partial charge in [-0.15, -0.1) is 0 Å². The van der Waals surface area contributed by atoms with Crippen molar-refractivity contribution >= 4 is 16.9 Å². The minimum absolute atomic E-state index is 0.196. The van der Waals surface area contributed by atoms with Gasteiger partial charge in [0.1, 0.15) is 6.04 Å². The standard InChI is InChI=1S/C13H14N2O3/c1-8(13(17)18)14-7-10-6-9-4-2-3-5-11(9)15-12(10)16/h2-6,8,14H,7H2,1H3,(H,15,16)(H,17,18). The van der Waals surface area contributed by atoms with Gasteiger partial charge in [-0.05, 0) is 24.4 Å². The summed E-state index contributed by atoms with van der Waals surface area (Å²) in [4.78, 5) is 25.2. The summed E-state index contributed by atoms with van der Waals surface area (Å²) < 4.78 is 0. The second-order valence-electron chi connectivity index (χ2n) is 4.15. The highest BCUT2D eigenvalue weighted by Gasteiger charge is 2.10. The van der Waals surface area contributed by atoms with Crippen molar-refractivity contribution in [3.05, 3.63) is 46.2 Å². The van der Waals surface area contributed by atoms with Gasteiger partial charge in [-0.25, -0.2) is 0 Å². The van der Waals surface area contributed by atoms with Gasteiger partial charge >= 0.3 is 5.97 Å². The van der Waals surface area contributed by atoms with Crippen LogP contribution in [0.4, 0.5) is 0 Å². The maximum atomic E-state index is 11.8. The first-order chi connectivity index (χ1) is 8.58. The molecule has 0 spiro atoms. The molecule has 5 heteroatoms. The van der Waals surface area contributed by atoms with E-state index in [1.54, 1.807) is 6.07 Å². The number of benzene rings is 1. The van der Waals surface area contributed by atoms with Gasteiger partial charge in [0.05, 0.1) is 0 Å². The van der Waals surface area contributed by atoms with Crippen LogP contribution in [0.1, 0.15) is 12.5 Å². The number of H-pyrrole nitrogens is 1. The lowest BCUT2D eigenvalue weighted by molar-refractivity contribution is -0.139. The van der Waals surface area contributed by atoms with Gasteiger partial charge in [0, 0.05) is 17.6 Å². The Morgan fingerprint density at radius 1 is 1.44 bits per heavy atom. The Morgan fingerprint density at radius 2 is 2.17 bits per heavy atom. The molecule has 1 atom stereocenters. The number of fused-ring (bicyclic) bond motifs is 1. The Bertz CT molecular complexity index is 633. The Balaban J connectivity index is 2.26. The third kappa shape index (κ3) is 2.57. The zero-order valence-electron chi connectivity index (χ0n) is 9.93. The fourth-order valence-electron chi connectivity index (χ4n) is 1.67. The summed E-state index contributed by atoms with van der Waals surface area (Å²) in [7, 11) is 0. The lowest BCUT2D eigenvalue weighted by atomic mass is 10.1. The lowest BCUT2D eigenvalue weighted by Gasteiger charge is -2.09. The fraction of sp³-hybridized carbons (Fsp3) is 0.231. The van der Waals surface area contributed by atoms with Crippen molar-refractivity contribution in [2.45, 2.75) is 19.5 Å². The summed E-state index contributed by atoms with van der Waals surface area (Å²) >= 11 is 0. The minimum Gasteiger partial charge on any atom is -0.480 e. The number of nitrogens with one attached hydrogen (secondary N) is 2. The van der Waals surface area contributed by atoms with Gasteiger partial charge in [-0.3, -0.25) is 9.59 Å². The van der Waals surface area contributed by atoms with E-state index in [4.69, 9.17) is 5.11 Å². The maximum Gasteiger partial charge on any atom is 0.320 e. The van der Waals surface area contributed by atoms with Crippen molar-refractivity contribution in [3.8, 4) is 0 Å². The van der Waals surface area contributed by atoms with E-state index in [2.05, 4.69) is 10.3 Å². The van der Waals surface area contributed by atoms with Gasteiger partial charge in [0.25, 0.3) is 5.56 Å². The number of carboxylic acids is 1. The van der Waals surface area contributed by atoms with E-state index in [0.717, 1.165) is 10.9 Å². The molecule has 2 aromatic rings. The molecule has 0 aliphatic rings. The quantitative estimate of drug-likeness (QED) is 0.754. The number of carboxylic acid groups (broad SMARTS) is 1. The van der Waals surface area contributed by atoms with Crippen LogP contribution in [0.5, 0.6) is 0 Å².